The number of ether oxygens (including phenoxy) is 1. The van der Waals surface area contributed by atoms with E-state index in [9.17, 15) is 19.5 Å². The highest BCUT2D eigenvalue weighted by atomic mass is 16.5. The van der Waals surface area contributed by atoms with Crippen LogP contribution in [0.5, 0.6) is 5.75 Å². The average Bonchev–Trinajstić information content (AvgIpc) is 3.68. The molecule has 0 aromatic heterocycles. The summed E-state index contributed by atoms with van der Waals surface area (Å²) in [7, 11) is 4.07. The van der Waals surface area contributed by atoms with Gasteiger partial charge in [-0.3, -0.25) is 19.3 Å². The van der Waals surface area contributed by atoms with Crippen LogP contribution in [0.2, 0.25) is 0 Å². The molecule has 1 saturated heterocycles. The van der Waals surface area contributed by atoms with E-state index in [2.05, 4.69) is 22.8 Å². The van der Waals surface area contributed by atoms with E-state index >= 15 is 0 Å². The van der Waals surface area contributed by atoms with Gasteiger partial charge in [-0.1, -0.05) is 43.7 Å². The second-order valence-corrected chi connectivity index (χ2v) is 12.5. The van der Waals surface area contributed by atoms with Crippen LogP contribution >= 0.6 is 0 Å². The normalized spacial score (nSPS) is 21.3. The highest BCUT2D eigenvalue weighted by Crippen LogP contribution is 2.41. The number of hydrogen-bond acceptors (Lipinski definition) is 6. The number of nitrogens with zero attached hydrogens (tertiary/aromatic N) is 4. The molecule has 3 atom stereocenters. The highest BCUT2D eigenvalue weighted by molar-refractivity contribution is 6.01. The number of unbranched alkanes of at least 4 members (excludes halogenated alkanes) is 1. The van der Waals surface area contributed by atoms with Crippen molar-refractivity contribution in [1.29, 1.82) is 0 Å². The summed E-state index contributed by atoms with van der Waals surface area (Å²) in [6.45, 7) is 6.14. The maximum absolute atomic E-state index is 13.8. The molecule has 2 aromatic carbocycles. The third-order valence-electron chi connectivity index (χ3n) is 9.25. The summed E-state index contributed by atoms with van der Waals surface area (Å²) in [4.78, 5) is 47.7. The predicted molar refractivity (Wildman–Crippen MR) is 167 cm³/mol. The molecule has 0 saturated carbocycles. The number of carbonyl (C=O) groups is 3. The first-order valence-electron chi connectivity index (χ1n) is 15.8. The first-order chi connectivity index (χ1) is 20.8. The fraction of sp³-hybridized carbons (Fsp3) is 0.559. The number of hydrogen-bond donors (Lipinski definition) is 1. The van der Waals surface area contributed by atoms with Crippen molar-refractivity contribution in [3.8, 4) is 5.75 Å². The second-order valence-electron chi connectivity index (χ2n) is 12.5. The van der Waals surface area contributed by atoms with Gasteiger partial charge in [0.2, 0.25) is 11.8 Å². The zero-order chi connectivity index (χ0) is 30.5. The lowest BCUT2D eigenvalue weighted by Gasteiger charge is -2.31. The highest BCUT2D eigenvalue weighted by Gasteiger charge is 2.47. The molecule has 2 amide bonds. The number of rotatable bonds is 14. The van der Waals surface area contributed by atoms with E-state index in [0.29, 0.717) is 45.6 Å². The van der Waals surface area contributed by atoms with Crippen molar-refractivity contribution in [2.45, 2.75) is 57.4 Å². The smallest absolute Gasteiger partial charge is 0.308 e. The number of fused-ring (bicyclic) bond motifs is 2. The van der Waals surface area contributed by atoms with Crippen LogP contribution in [0, 0.1) is 5.92 Å². The molecule has 9 heteroatoms. The summed E-state index contributed by atoms with van der Waals surface area (Å²) >= 11 is 0. The third-order valence-corrected chi connectivity index (χ3v) is 9.25. The summed E-state index contributed by atoms with van der Waals surface area (Å²) < 4.78 is 5.71. The zero-order valence-corrected chi connectivity index (χ0v) is 25.8. The van der Waals surface area contributed by atoms with Crippen LogP contribution in [-0.4, -0.2) is 104 Å². The monoisotopic (exact) mass is 590 g/mol. The Morgan fingerprint density at radius 2 is 1.84 bits per heavy atom. The molecule has 2 aromatic rings. The van der Waals surface area contributed by atoms with Crippen molar-refractivity contribution >= 4 is 23.5 Å². The topological polar surface area (TPSA) is 93.6 Å². The maximum atomic E-state index is 13.8. The third kappa shape index (κ3) is 7.04. The number of carbonyl (C=O) groups excluding carboxylic acids is 2. The predicted octanol–water partition coefficient (Wildman–Crippen LogP) is 3.65. The number of para-hydroxylation sites is 1. The fourth-order valence-corrected chi connectivity index (χ4v) is 7.01. The van der Waals surface area contributed by atoms with Gasteiger partial charge in [0.15, 0.2) is 0 Å². The van der Waals surface area contributed by atoms with E-state index < -0.39 is 11.9 Å². The molecule has 0 aliphatic carbocycles. The molecule has 0 spiro atoms. The molecule has 232 valence electrons. The minimum Gasteiger partial charge on any atom is -0.493 e. The molecule has 0 bridgehead atoms. The lowest BCUT2D eigenvalue weighted by Crippen LogP contribution is -2.46. The van der Waals surface area contributed by atoms with Gasteiger partial charge in [0.25, 0.3) is 0 Å². The van der Waals surface area contributed by atoms with Gasteiger partial charge in [0.1, 0.15) is 5.75 Å². The first kappa shape index (κ1) is 31.0. The maximum Gasteiger partial charge on any atom is 0.308 e. The van der Waals surface area contributed by atoms with Gasteiger partial charge in [-0.15, -0.1) is 0 Å². The molecule has 1 fully saturated rings. The van der Waals surface area contributed by atoms with Crippen molar-refractivity contribution in [3.05, 3.63) is 59.2 Å². The van der Waals surface area contributed by atoms with Gasteiger partial charge in [-0.25, -0.2) is 0 Å². The van der Waals surface area contributed by atoms with Crippen LogP contribution in [0.4, 0.5) is 5.69 Å². The molecule has 0 radical (unpaired) electrons. The van der Waals surface area contributed by atoms with E-state index in [4.69, 9.17) is 4.74 Å². The fourth-order valence-electron chi connectivity index (χ4n) is 7.01. The van der Waals surface area contributed by atoms with Gasteiger partial charge >= 0.3 is 5.97 Å². The summed E-state index contributed by atoms with van der Waals surface area (Å²) in [6.07, 6.45) is 4.48. The number of aliphatic carboxylic acids is 1. The quantitative estimate of drug-likeness (QED) is 0.359. The molecular formula is C34H46N4O5. The standard InChI is InChI=1S/C34H46N4O5/c1-4-5-16-36(17-8-15-35(2)3)32(40)23-37-22-27(24-11-12-30-26(20-24)14-19-43-30)33(34(41)42)29(37)13-18-38-28-10-7-6-9-25(28)21-31(38)39/h6-7,9-12,20,27,29,33H,4-5,8,13-19,21-23H2,1-3H3,(H,41,42). The van der Waals surface area contributed by atoms with Gasteiger partial charge in [0.05, 0.1) is 25.5 Å². The Hall–Kier alpha value is -3.43. The molecule has 3 heterocycles. The van der Waals surface area contributed by atoms with Gasteiger partial charge in [0, 0.05) is 50.2 Å². The Morgan fingerprint density at radius 1 is 1.05 bits per heavy atom. The van der Waals surface area contributed by atoms with Crippen LogP contribution in [0.15, 0.2) is 42.5 Å². The minimum absolute atomic E-state index is 0.0375. The van der Waals surface area contributed by atoms with Gasteiger partial charge in [-0.2, -0.15) is 0 Å². The second kappa shape index (κ2) is 13.9. The van der Waals surface area contributed by atoms with Gasteiger partial charge in [-0.05, 0) is 68.7 Å². The molecule has 43 heavy (non-hydrogen) atoms. The van der Waals surface area contributed by atoms with Crippen molar-refractivity contribution in [2.75, 3.05) is 64.9 Å². The number of benzene rings is 2. The zero-order valence-electron chi connectivity index (χ0n) is 25.8. The van der Waals surface area contributed by atoms with Crippen LogP contribution in [-0.2, 0) is 27.2 Å². The number of anilines is 1. The van der Waals surface area contributed by atoms with Crippen LogP contribution < -0.4 is 9.64 Å². The van der Waals surface area contributed by atoms with E-state index in [0.717, 1.165) is 60.4 Å². The molecular weight excluding hydrogens is 544 g/mol. The van der Waals surface area contributed by atoms with Crippen LogP contribution in [0.1, 0.15) is 55.2 Å². The summed E-state index contributed by atoms with van der Waals surface area (Å²) in [5, 5.41) is 10.6. The number of carboxylic acid groups (broad SMARTS) is 1. The lowest BCUT2D eigenvalue weighted by molar-refractivity contribution is -0.143. The lowest BCUT2D eigenvalue weighted by atomic mass is 9.83. The van der Waals surface area contributed by atoms with E-state index in [-0.39, 0.29) is 30.3 Å². The van der Waals surface area contributed by atoms with Crippen molar-refractivity contribution in [1.82, 2.24) is 14.7 Å². The molecule has 3 aliphatic heterocycles. The number of carboxylic acids is 1. The van der Waals surface area contributed by atoms with Crippen LogP contribution in [0.25, 0.3) is 0 Å². The summed E-state index contributed by atoms with van der Waals surface area (Å²) in [5.74, 6) is -0.863. The van der Waals surface area contributed by atoms with Gasteiger partial charge < -0.3 is 24.5 Å². The Kier molecular flexibility index (Phi) is 10.0. The molecule has 5 rings (SSSR count). The summed E-state index contributed by atoms with van der Waals surface area (Å²) in [5.41, 5.74) is 4.00. The number of amides is 2. The largest absolute Gasteiger partial charge is 0.493 e. The van der Waals surface area contributed by atoms with E-state index in [1.807, 2.05) is 55.4 Å². The summed E-state index contributed by atoms with van der Waals surface area (Å²) in [6, 6.07) is 13.5. The average molecular weight is 591 g/mol. The Morgan fingerprint density at radius 3 is 2.60 bits per heavy atom. The van der Waals surface area contributed by atoms with Crippen molar-refractivity contribution < 1.29 is 24.2 Å². The van der Waals surface area contributed by atoms with Crippen LogP contribution in [0.3, 0.4) is 0 Å². The molecule has 1 N–H and O–H groups in total. The Bertz CT molecular complexity index is 1310. The Labute approximate surface area is 255 Å². The molecule has 3 unspecified atom stereocenters. The molecule has 9 nitrogen and oxygen atoms in total. The minimum atomic E-state index is -0.858. The van der Waals surface area contributed by atoms with Crippen molar-refractivity contribution in [3.63, 3.8) is 0 Å². The number of likely N-dealkylation sites (tertiary alicyclic amines) is 1. The first-order valence-corrected chi connectivity index (χ1v) is 15.8. The SMILES string of the molecule is CCCCN(CCCN(C)C)C(=O)CN1CC(c2ccc3c(c2)CCO3)C(C(=O)O)C1CCN1C(=O)Cc2ccccc21. The Balaban J connectivity index is 1.39. The van der Waals surface area contributed by atoms with Crippen molar-refractivity contribution in [2.24, 2.45) is 5.92 Å². The van der Waals surface area contributed by atoms with E-state index in [1.165, 1.54) is 0 Å². The van der Waals surface area contributed by atoms with E-state index in [1.54, 1.807) is 4.90 Å². The molecule has 3 aliphatic rings.